The third kappa shape index (κ3) is 3.84. The molecule has 0 spiro atoms. The molecule has 1 amide bonds. The second-order valence-corrected chi connectivity index (χ2v) is 8.32. The van der Waals surface area contributed by atoms with Crippen molar-refractivity contribution in [3.63, 3.8) is 0 Å². The maximum absolute atomic E-state index is 11.4. The van der Waals surface area contributed by atoms with Crippen molar-refractivity contribution in [2.75, 3.05) is 10.6 Å². The summed E-state index contributed by atoms with van der Waals surface area (Å²) in [7, 11) is 0. The number of hydrogen-bond acceptors (Lipinski definition) is 5. The van der Waals surface area contributed by atoms with Crippen LogP contribution in [0.4, 0.5) is 17.2 Å². The topological polar surface area (TPSA) is 66.9 Å². The molecule has 0 radical (unpaired) electrons. The second-order valence-electron chi connectivity index (χ2n) is 7.12. The van der Waals surface area contributed by atoms with E-state index in [1.807, 2.05) is 24.3 Å². The average Bonchev–Trinajstić information content (AvgIpc) is 3.01. The van der Waals surface area contributed by atoms with Gasteiger partial charge >= 0.3 is 0 Å². The number of aryl methyl sites for hydroxylation is 3. The maximum atomic E-state index is 11.4. The fourth-order valence-electron chi connectivity index (χ4n) is 3.40. The van der Waals surface area contributed by atoms with Crippen molar-refractivity contribution in [1.29, 1.82) is 0 Å². The molecule has 0 unspecified atom stereocenters. The van der Waals surface area contributed by atoms with Gasteiger partial charge in [0.15, 0.2) is 0 Å². The van der Waals surface area contributed by atoms with Crippen LogP contribution in [-0.4, -0.2) is 15.9 Å². The van der Waals surface area contributed by atoms with Crippen LogP contribution in [0.2, 0.25) is 0 Å². The molecule has 0 aliphatic carbocycles. The first-order valence-electron chi connectivity index (χ1n) is 9.39. The third-order valence-corrected chi connectivity index (χ3v) is 5.92. The van der Waals surface area contributed by atoms with Gasteiger partial charge in [-0.3, -0.25) is 4.79 Å². The summed E-state index contributed by atoms with van der Waals surface area (Å²) in [6.07, 6.45) is 1.59. The zero-order valence-corrected chi connectivity index (χ0v) is 17.6. The van der Waals surface area contributed by atoms with Crippen molar-refractivity contribution >= 4 is 44.7 Å². The number of thiophene rings is 1. The van der Waals surface area contributed by atoms with Crippen molar-refractivity contribution in [3.05, 3.63) is 64.8 Å². The van der Waals surface area contributed by atoms with Gasteiger partial charge in [0.2, 0.25) is 5.91 Å². The highest BCUT2D eigenvalue weighted by Crippen LogP contribution is 2.41. The van der Waals surface area contributed by atoms with Crippen LogP contribution in [0.1, 0.15) is 22.9 Å². The molecule has 2 heterocycles. The molecule has 6 heteroatoms. The molecule has 2 N–H and O–H groups in total. The second kappa shape index (κ2) is 7.64. The van der Waals surface area contributed by atoms with E-state index in [4.69, 9.17) is 0 Å². The van der Waals surface area contributed by atoms with Crippen LogP contribution in [0.15, 0.2) is 48.8 Å². The Bertz CT molecular complexity index is 1230. The number of carbonyl (C=O) groups excluding carboxylic acids is 1. The molecule has 0 saturated heterocycles. The van der Waals surface area contributed by atoms with Crippen LogP contribution in [0.25, 0.3) is 21.3 Å². The lowest BCUT2D eigenvalue weighted by atomic mass is 9.99. The summed E-state index contributed by atoms with van der Waals surface area (Å²) in [5.41, 5.74) is 6.46. The number of amides is 1. The molecule has 0 bridgehead atoms. The van der Waals surface area contributed by atoms with E-state index in [1.54, 1.807) is 17.7 Å². The number of fused-ring (bicyclic) bond motifs is 1. The molecule has 146 valence electrons. The zero-order chi connectivity index (χ0) is 20.5. The normalized spacial score (nSPS) is 10.9. The van der Waals surface area contributed by atoms with Gasteiger partial charge in [-0.1, -0.05) is 24.3 Å². The lowest BCUT2D eigenvalue weighted by Crippen LogP contribution is -2.05. The summed E-state index contributed by atoms with van der Waals surface area (Å²) in [5.74, 6) is 0.657. The van der Waals surface area contributed by atoms with Crippen molar-refractivity contribution in [1.82, 2.24) is 9.97 Å². The predicted octanol–water partition coefficient (Wildman–Crippen LogP) is 5.99. The van der Waals surface area contributed by atoms with Crippen LogP contribution < -0.4 is 10.6 Å². The summed E-state index contributed by atoms with van der Waals surface area (Å²) < 4.78 is 0. The van der Waals surface area contributed by atoms with E-state index in [1.165, 1.54) is 28.5 Å². The van der Waals surface area contributed by atoms with E-state index < -0.39 is 0 Å². The highest BCUT2D eigenvalue weighted by atomic mass is 32.1. The van der Waals surface area contributed by atoms with Gasteiger partial charge in [0.05, 0.1) is 5.39 Å². The van der Waals surface area contributed by atoms with Gasteiger partial charge in [0.25, 0.3) is 0 Å². The summed E-state index contributed by atoms with van der Waals surface area (Å²) in [4.78, 5) is 22.5. The smallest absolute Gasteiger partial charge is 0.221 e. The highest BCUT2D eigenvalue weighted by Gasteiger charge is 2.17. The standard InChI is InChI=1S/C23H22N4OS/c1-13-8-9-17(10-14(13)2)20-15(3)29-23-21(20)22(24-12-25-23)27-19-7-5-6-18(11-19)26-16(4)28/h5-12H,1-4H3,(H,26,28)(H,24,25,27). The largest absolute Gasteiger partial charge is 0.340 e. The van der Waals surface area contributed by atoms with Gasteiger partial charge in [-0.2, -0.15) is 0 Å². The van der Waals surface area contributed by atoms with Gasteiger partial charge in [0, 0.05) is 28.7 Å². The van der Waals surface area contributed by atoms with Crippen LogP contribution in [0, 0.1) is 20.8 Å². The Morgan fingerprint density at radius 1 is 0.966 bits per heavy atom. The van der Waals surface area contributed by atoms with Gasteiger partial charge < -0.3 is 10.6 Å². The number of nitrogens with zero attached hydrogens (tertiary/aromatic N) is 2. The maximum Gasteiger partial charge on any atom is 0.221 e. The predicted molar refractivity (Wildman–Crippen MR) is 121 cm³/mol. The fourth-order valence-corrected chi connectivity index (χ4v) is 4.41. The van der Waals surface area contributed by atoms with E-state index in [-0.39, 0.29) is 5.91 Å². The van der Waals surface area contributed by atoms with Crippen LogP contribution in [0.5, 0.6) is 0 Å². The Kier molecular flexibility index (Phi) is 5.03. The quantitative estimate of drug-likeness (QED) is 0.440. The molecule has 2 aromatic heterocycles. The molecular weight excluding hydrogens is 380 g/mol. The minimum absolute atomic E-state index is 0.0999. The van der Waals surface area contributed by atoms with Gasteiger partial charge in [-0.25, -0.2) is 9.97 Å². The Balaban J connectivity index is 1.82. The van der Waals surface area contributed by atoms with Crippen LogP contribution in [0.3, 0.4) is 0 Å². The van der Waals surface area contributed by atoms with E-state index in [0.717, 1.165) is 33.0 Å². The molecule has 29 heavy (non-hydrogen) atoms. The van der Waals surface area contributed by atoms with Gasteiger partial charge in [-0.05, 0) is 55.7 Å². The third-order valence-electron chi connectivity index (χ3n) is 4.91. The first kappa shape index (κ1) is 19.1. The first-order valence-corrected chi connectivity index (χ1v) is 10.2. The monoisotopic (exact) mass is 402 g/mol. The Morgan fingerprint density at radius 3 is 2.52 bits per heavy atom. The van der Waals surface area contributed by atoms with Crippen molar-refractivity contribution in [2.45, 2.75) is 27.7 Å². The summed E-state index contributed by atoms with van der Waals surface area (Å²) in [5, 5.41) is 7.24. The number of benzene rings is 2. The Hall–Kier alpha value is -3.25. The molecule has 4 rings (SSSR count). The number of rotatable bonds is 4. The Morgan fingerprint density at radius 2 is 1.76 bits per heavy atom. The lowest BCUT2D eigenvalue weighted by molar-refractivity contribution is -0.114. The fraction of sp³-hybridized carbons (Fsp3) is 0.174. The summed E-state index contributed by atoms with van der Waals surface area (Å²) in [6.45, 7) is 7.87. The van der Waals surface area contributed by atoms with Crippen molar-refractivity contribution < 1.29 is 4.79 Å². The zero-order valence-electron chi connectivity index (χ0n) is 16.8. The average molecular weight is 403 g/mol. The minimum Gasteiger partial charge on any atom is -0.340 e. The minimum atomic E-state index is -0.0999. The Labute approximate surface area is 173 Å². The molecule has 0 saturated carbocycles. The number of carbonyl (C=O) groups is 1. The molecule has 4 aromatic rings. The van der Waals surface area contributed by atoms with Crippen LogP contribution in [-0.2, 0) is 4.79 Å². The number of hydrogen-bond donors (Lipinski definition) is 2. The van der Waals surface area contributed by atoms with E-state index in [0.29, 0.717) is 0 Å². The van der Waals surface area contributed by atoms with Crippen LogP contribution >= 0.6 is 11.3 Å². The molecular formula is C23H22N4OS. The molecule has 0 atom stereocenters. The lowest BCUT2D eigenvalue weighted by Gasteiger charge is -2.11. The highest BCUT2D eigenvalue weighted by molar-refractivity contribution is 7.19. The molecule has 0 aliphatic rings. The number of nitrogens with one attached hydrogen (secondary N) is 2. The van der Waals surface area contributed by atoms with Crippen molar-refractivity contribution in [3.8, 4) is 11.1 Å². The SMILES string of the molecule is CC(=O)Nc1cccc(Nc2ncnc3sc(C)c(-c4ccc(C)c(C)c4)c23)c1. The molecule has 2 aromatic carbocycles. The first-order chi connectivity index (χ1) is 13.9. The van der Waals surface area contributed by atoms with E-state index in [2.05, 4.69) is 59.6 Å². The molecule has 5 nitrogen and oxygen atoms in total. The van der Waals surface area contributed by atoms with Gasteiger partial charge in [-0.15, -0.1) is 11.3 Å². The van der Waals surface area contributed by atoms with Gasteiger partial charge in [0.1, 0.15) is 17.0 Å². The molecule has 0 aliphatic heterocycles. The number of aromatic nitrogens is 2. The van der Waals surface area contributed by atoms with E-state index >= 15 is 0 Å². The molecule has 0 fully saturated rings. The summed E-state index contributed by atoms with van der Waals surface area (Å²) >= 11 is 1.67. The summed E-state index contributed by atoms with van der Waals surface area (Å²) in [6, 6.07) is 14.1. The van der Waals surface area contributed by atoms with Crippen molar-refractivity contribution in [2.24, 2.45) is 0 Å². The number of anilines is 3. The van der Waals surface area contributed by atoms with E-state index in [9.17, 15) is 4.79 Å².